The predicted octanol–water partition coefficient (Wildman–Crippen LogP) is 2.17. The third kappa shape index (κ3) is 2.01. The number of aromatic nitrogens is 1. The van der Waals surface area contributed by atoms with Gasteiger partial charge in [0.1, 0.15) is 5.82 Å². The first-order valence-corrected chi connectivity index (χ1v) is 5.04. The molecule has 2 rings (SSSR count). The van der Waals surface area contributed by atoms with Crippen molar-refractivity contribution in [3.05, 3.63) is 35.2 Å². The molecule has 0 bridgehead atoms. The number of hydrogen-bond acceptors (Lipinski definition) is 5. The number of hydrazine groups is 1. The van der Waals surface area contributed by atoms with Crippen molar-refractivity contribution in [3.8, 4) is 0 Å². The highest BCUT2D eigenvalue weighted by Gasteiger charge is 1.96. The van der Waals surface area contributed by atoms with Crippen LogP contribution in [-0.4, -0.2) is 4.98 Å². The third-order valence-electron chi connectivity index (χ3n) is 1.72. The van der Waals surface area contributed by atoms with Crippen LogP contribution in [-0.2, 0) is 0 Å². The molecule has 0 unspecified atom stereocenters. The van der Waals surface area contributed by atoms with E-state index < -0.39 is 0 Å². The fourth-order valence-corrected chi connectivity index (χ4v) is 1.68. The summed E-state index contributed by atoms with van der Waals surface area (Å²) in [5.41, 5.74) is 4.54. The van der Waals surface area contributed by atoms with Crippen LogP contribution in [0.25, 0.3) is 0 Å². The Balaban J connectivity index is 2.17. The smallest absolute Gasteiger partial charge is 0.141 e. The van der Waals surface area contributed by atoms with Crippen LogP contribution in [0.5, 0.6) is 0 Å². The van der Waals surface area contributed by atoms with Crippen molar-refractivity contribution in [2.24, 2.45) is 5.84 Å². The van der Waals surface area contributed by atoms with Gasteiger partial charge < -0.3 is 10.7 Å². The highest BCUT2D eigenvalue weighted by Crippen LogP contribution is 2.19. The van der Waals surface area contributed by atoms with Crippen molar-refractivity contribution in [2.45, 2.75) is 0 Å². The number of nitrogens with zero attached hydrogens (tertiary/aromatic N) is 1. The second-order valence-electron chi connectivity index (χ2n) is 2.71. The summed E-state index contributed by atoms with van der Waals surface area (Å²) in [4.78, 5) is 4.01. The molecule has 0 aromatic carbocycles. The molecule has 0 atom stereocenters. The molecule has 72 valence electrons. The molecule has 0 aliphatic carbocycles. The Hall–Kier alpha value is -1.59. The number of nitrogens with two attached hydrogens (primary N) is 1. The standard InChI is InChI=1S/C9H10N4S/c10-13-9-5-7(1-3-11-9)12-8-2-4-14-6-8/h1-6H,10H2,(H2,11,12,13). The van der Waals surface area contributed by atoms with Crippen molar-refractivity contribution in [1.82, 2.24) is 4.98 Å². The Kier molecular flexibility index (Phi) is 2.62. The Labute approximate surface area is 85.8 Å². The number of anilines is 3. The van der Waals surface area contributed by atoms with Crippen molar-refractivity contribution in [1.29, 1.82) is 0 Å². The van der Waals surface area contributed by atoms with E-state index in [9.17, 15) is 0 Å². The minimum atomic E-state index is 0.644. The fourth-order valence-electron chi connectivity index (χ4n) is 1.09. The summed E-state index contributed by atoms with van der Waals surface area (Å²) in [5, 5.41) is 7.29. The van der Waals surface area contributed by atoms with E-state index in [0.29, 0.717) is 5.82 Å². The molecule has 4 nitrogen and oxygen atoms in total. The van der Waals surface area contributed by atoms with Crippen molar-refractivity contribution < 1.29 is 0 Å². The summed E-state index contributed by atoms with van der Waals surface area (Å²) in [6.07, 6.45) is 1.70. The van der Waals surface area contributed by atoms with Crippen LogP contribution in [0, 0.1) is 0 Å². The number of nitrogen functional groups attached to an aromatic ring is 1. The SMILES string of the molecule is NNc1cc(Nc2ccsc2)ccn1. The van der Waals surface area contributed by atoms with Crippen LogP contribution in [0.2, 0.25) is 0 Å². The van der Waals surface area contributed by atoms with Gasteiger partial charge in [-0.05, 0) is 17.5 Å². The lowest BCUT2D eigenvalue weighted by molar-refractivity contribution is 1.23. The molecule has 0 fully saturated rings. The Morgan fingerprint density at radius 2 is 2.21 bits per heavy atom. The lowest BCUT2D eigenvalue weighted by atomic mass is 10.3. The van der Waals surface area contributed by atoms with Crippen LogP contribution in [0.3, 0.4) is 0 Å². The molecule has 0 spiro atoms. The molecule has 2 aromatic heterocycles. The summed E-state index contributed by atoms with van der Waals surface area (Å²) < 4.78 is 0. The largest absolute Gasteiger partial charge is 0.355 e. The average molecular weight is 206 g/mol. The lowest BCUT2D eigenvalue weighted by Crippen LogP contribution is -2.08. The zero-order chi connectivity index (χ0) is 9.80. The van der Waals surface area contributed by atoms with Crippen LogP contribution in [0.4, 0.5) is 17.2 Å². The van der Waals surface area contributed by atoms with E-state index in [2.05, 4.69) is 15.7 Å². The Bertz CT molecular complexity index is 399. The monoisotopic (exact) mass is 206 g/mol. The van der Waals surface area contributed by atoms with Gasteiger partial charge in [-0.15, -0.1) is 0 Å². The third-order valence-corrected chi connectivity index (χ3v) is 2.40. The molecular weight excluding hydrogens is 196 g/mol. The van der Waals surface area contributed by atoms with Gasteiger partial charge in [-0.1, -0.05) is 0 Å². The first kappa shape index (κ1) is 8.98. The predicted molar refractivity (Wildman–Crippen MR) is 59.6 cm³/mol. The maximum absolute atomic E-state index is 5.25. The zero-order valence-corrected chi connectivity index (χ0v) is 8.21. The van der Waals surface area contributed by atoms with Gasteiger partial charge in [-0.3, -0.25) is 0 Å². The summed E-state index contributed by atoms with van der Waals surface area (Å²) in [7, 11) is 0. The van der Waals surface area contributed by atoms with Gasteiger partial charge in [0.05, 0.1) is 0 Å². The quantitative estimate of drug-likeness (QED) is 0.532. The molecule has 2 heterocycles. The van der Waals surface area contributed by atoms with E-state index in [0.717, 1.165) is 11.4 Å². The fraction of sp³-hybridized carbons (Fsp3) is 0. The van der Waals surface area contributed by atoms with Crippen molar-refractivity contribution in [3.63, 3.8) is 0 Å². The summed E-state index contributed by atoms with van der Waals surface area (Å²) in [6.45, 7) is 0. The molecule has 2 aromatic rings. The average Bonchev–Trinajstić information content (AvgIpc) is 2.71. The van der Waals surface area contributed by atoms with Crippen LogP contribution < -0.4 is 16.6 Å². The van der Waals surface area contributed by atoms with Gasteiger partial charge in [0.2, 0.25) is 0 Å². The molecular formula is C9H10N4S. The van der Waals surface area contributed by atoms with Crippen LogP contribution in [0.1, 0.15) is 0 Å². The number of thiophene rings is 1. The van der Waals surface area contributed by atoms with E-state index in [1.807, 2.05) is 29.0 Å². The first-order valence-electron chi connectivity index (χ1n) is 4.10. The first-order chi connectivity index (χ1) is 6.88. The van der Waals surface area contributed by atoms with Gasteiger partial charge in [0.15, 0.2) is 0 Å². The molecule has 0 aliphatic heterocycles. The number of pyridine rings is 1. The molecule has 0 aliphatic rings. The summed E-state index contributed by atoms with van der Waals surface area (Å²) in [6, 6.07) is 5.75. The molecule has 5 heteroatoms. The van der Waals surface area contributed by atoms with Gasteiger partial charge in [0.25, 0.3) is 0 Å². The highest BCUT2D eigenvalue weighted by molar-refractivity contribution is 7.08. The molecule has 0 amide bonds. The minimum Gasteiger partial charge on any atom is -0.355 e. The van der Waals surface area contributed by atoms with Gasteiger partial charge >= 0.3 is 0 Å². The van der Waals surface area contributed by atoms with E-state index in [1.165, 1.54) is 0 Å². The second-order valence-corrected chi connectivity index (χ2v) is 3.49. The molecule has 0 saturated carbocycles. The second kappa shape index (κ2) is 4.08. The minimum absolute atomic E-state index is 0.644. The number of nitrogens with one attached hydrogen (secondary N) is 2. The molecule has 14 heavy (non-hydrogen) atoms. The Morgan fingerprint density at radius 1 is 1.29 bits per heavy atom. The maximum atomic E-state index is 5.25. The van der Waals surface area contributed by atoms with E-state index >= 15 is 0 Å². The summed E-state index contributed by atoms with van der Waals surface area (Å²) >= 11 is 1.65. The highest BCUT2D eigenvalue weighted by atomic mass is 32.1. The van der Waals surface area contributed by atoms with Crippen LogP contribution in [0.15, 0.2) is 35.2 Å². The van der Waals surface area contributed by atoms with E-state index in [4.69, 9.17) is 5.84 Å². The molecule has 4 N–H and O–H groups in total. The van der Waals surface area contributed by atoms with E-state index in [-0.39, 0.29) is 0 Å². The van der Waals surface area contributed by atoms with Crippen molar-refractivity contribution >= 4 is 28.5 Å². The molecule has 0 radical (unpaired) electrons. The normalized spacial score (nSPS) is 9.79. The zero-order valence-electron chi connectivity index (χ0n) is 7.40. The van der Waals surface area contributed by atoms with E-state index in [1.54, 1.807) is 17.5 Å². The van der Waals surface area contributed by atoms with Crippen LogP contribution >= 0.6 is 11.3 Å². The van der Waals surface area contributed by atoms with Gasteiger partial charge in [-0.2, -0.15) is 11.3 Å². The topological polar surface area (TPSA) is 63.0 Å². The van der Waals surface area contributed by atoms with Crippen molar-refractivity contribution in [2.75, 3.05) is 10.7 Å². The number of rotatable bonds is 3. The van der Waals surface area contributed by atoms with Gasteiger partial charge in [0, 0.05) is 29.0 Å². The van der Waals surface area contributed by atoms with Gasteiger partial charge in [-0.25, -0.2) is 10.8 Å². The lowest BCUT2D eigenvalue weighted by Gasteiger charge is -2.05. The number of hydrogen-bond donors (Lipinski definition) is 3. The summed E-state index contributed by atoms with van der Waals surface area (Å²) in [5.74, 6) is 5.90. The molecule has 0 saturated heterocycles. The Morgan fingerprint density at radius 3 is 2.93 bits per heavy atom. The maximum Gasteiger partial charge on any atom is 0.141 e.